The maximum atomic E-state index is 13.0. The lowest BCUT2D eigenvalue weighted by atomic mass is 10.1. The van der Waals surface area contributed by atoms with Crippen LogP contribution in [0.15, 0.2) is 66.9 Å². The molecule has 0 aliphatic carbocycles. The van der Waals surface area contributed by atoms with Gasteiger partial charge in [0.25, 0.3) is 5.91 Å². The number of rotatable bonds is 4. The van der Waals surface area contributed by atoms with Gasteiger partial charge in [-0.1, -0.05) is 60.7 Å². The second-order valence-corrected chi connectivity index (χ2v) is 6.63. The van der Waals surface area contributed by atoms with Crippen molar-refractivity contribution in [2.45, 2.75) is 19.1 Å². The zero-order valence-electron chi connectivity index (χ0n) is 14.5. The van der Waals surface area contributed by atoms with E-state index in [4.69, 9.17) is 5.10 Å². The predicted octanol–water partition coefficient (Wildman–Crippen LogP) is 2.81. The summed E-state index contributed by atoms with van der Waals surface area (Å²) in [7, 11) is 0. The molecule has 1 saturated heterocycles. The fourth-order valence-electron chi connectivity index (χ4n) is 3.34. The van der Waals surface area contributed by atoms with Crippen LogP contribution < -0.4 is 0 Å². The van der Waals surface area contributed by atoms with Gasteiger partial charge in [-0.25, -0.2) is 0 Å². The smallest absolute Gasteiger partial charge is 0.257 e. The van der Waals surface area contributed by atoms with Gasteiger partial charge in [0, 0.05) is 24.8 Å². The highest BCUT2D eigenvalue weighted by molar-refractivity contribution is 6.00. The van der Waals surface area contributed by atoms with Crippen LogP contribution in [0.1, 0.15) is 22.3 Å². The Labute approximate surface area is 152 Å². The van der Waals surface area contributed by atoms with E-state index in [1.165, 1.54) is 0 Å². The Balaban J connectivity index is 1.70. The molecular formula is C21H21N3O2. The van der Waals surface area contributed by atoms with Crippen LogP contribution in [-0.4, -0.2) is 44.9 Å². The molecular weight excluding hydrogens is 326 g/mol. The van der Waals surface area contributed by atoms with Gasteiger partial charge in [0.05, 0.1) is 18.2 Å². The molecule has 1 aliphatic rings. The summed E-state index contributed by atoms with van der Waals surface area (Å²) < 4.78 is 1.82. The average Bonchev–Trinajstić information content (AvgIpc) is 3.29. The summed E-state index contributed by atoms with van der Waals surface area (Å²) in [4.78, 5) is 14.7. The number of carbonyl (C=O) groups excluding carboxylic acids is 1. The van der Waals surface area contributed by atoms with Gasteiger partial charge in [-0.05, 0) is 12.0 Å². The van der Waals surface area contributed by atoms with Crippen LogP contribution in [-0.2, 0) is 6.54 Å². The molecule has 1 amide bonds. The minimum absolute atomic E-state index is 0.0697. The average molecular weight is 347 g/mol. The number of carbonyl (C=O) groups is 1. The third-order valence-corrected chi connectivity index (χ3v) is 4.68. The highest BCUT2D eigenvalue weighted by atomic mass is 16.3. The van der Waals surface area contributed by atoms with E-state index in [9.17, 15) is 9.90 Å². The molecule has 1 N–H and O–H groups in total. The molecule has 1 aliphatic heterocycles. The molecule has 1 fully saturated rings. The molecule has 2 aromatic carbocycles. The molecule has 1 aromatic heterocycles. The van der Waals surface area contributed by atoms with Crippen molar-refractivity contribution >= 4 is 5.91 Å². The minimum Gasteiger partial charge on any atom is -0.391 e. The number of likely N-dealkylation sites (tertiary alicyclic amines) is 1. The van der Waals surface area contributed by atoms with Crippen LogP contribution in [0.4, 0.5) is 0 Å². The molecule has 5 heteroatoms. The molecule has 4 rings (SSSR count). The summed E-state index contributed by atoms with van der Waals surface area (Å²) >= 11 is 0. The fourth-order valence-corrected chi connectivity index (χ4v) is 3.34. The molecule has 0 spiro atoms. The monoisotopic (exact) mass is 347 g/mol. The quantitative estimate of drug-likeness (QED) is 0.789. The van der Waals surface area contributed by atoms with E-state index in [0.29, 0.717) is 37.3 Å². The van der Waals surface area contributed by atoms with Gasteiger partial charge in [0.1, 0.15) is 5.69 Å². The first-order valence-corrected chi connectivity index (χ1v) is 8.85. The summed E-state index contributed by atoms with van der Waals surface area (Å²) in [5.41, 5.74) is 3.32. The van der Waals surface area contributed by atoms with Gasteiger partial charge in [-0.2, -0.15) is 5.10 Å². The van der Waals surface area contributed by atoms with E-state index in [0.717, 1.165) is 11.1 Å². The first-order chi connectivity index (χ1) is 12.7. The molecule has 0 unspecified atom stereocenters. The number of hydrogen-bond donors (Lipinski definition) is 1. The zero-order valence-corrected chi connectivity index (χ0v) is 14.5. The minimum atomic E-state index is -0.432. The topological polar surface area (TPSA) is 58.4 Å². The summed E-state index contributed by atoms with van der Waals surface area (Å²) in [6, 6.07) is 19.8. The number of benzene rings is 2. The van der Waals surface area contributed by atoms with Crippen molar-refractivity contribution in [3.8, 4) is 11.3 Å². The standard InChI is InChI=1S/C21H21N3O2/c25-18-11-12-23(14-18)21(26)19-15-24(13-16-7-3-1-4-8-16)22-20(19)17-9-5-2-6-10-17/h1-10,15,18,25H,11-14H2/t18-/m1/s1. The Morgan fingerprint density at radius 2 is 1.77 bits per heavy atom. The van der Waals surface area contributed by atoms with E-state index < -0.39 is 6.10 Å². The number of aromatic nitrogens is 2. The van der Waals surface area contributed by atoms with Crippen molar-refractivity contribution < 1.29 is 9.90 Å². The molecule has 132 valence electrons. The Morgan fingerprint density at radius 1 is 1.08 bits per heavy atom. The van der Waals surface area contributed by atoms with Gasteiger partial charge >= 0.3 is 0 Å². The zero-order chi connectivity index (χ0) is 17.9. The van der Waals surface area contributed by atoms with Crippen LogP contribution >= 0.6 is 0 Å². The lowest BCUT2D eigenvalue weighted by Crippen LogP contribution is -2.29. The van der Waals surface area contributed by atoms with Gasteiger partial charge < -0.3 is 10.0 Å². The fraction of sp³-hybridized carbons (Fsp3) is 0.238. The van der Waals surface area contributed by atoms with E-state index in [-0.39, 0.29) is 5.91 Å². The van der Waals surface area contributed by atoms with Crippen LogP contribution in [0.2, 0.25) is 0 Å². The van der Waals surface area contributed by atoms with Gasteiger partial charge in [-0.3, -0.25) is 9.48 Å². The Morgan fingerprint density at radius 3 is 2.42 bits per heavy atom. The summed E-state index contributed by atoms with van der Waals surface area (Å²) in [6.07, 6.45) is 2.02. The normalized spacial score (nSPS) is 16.8. The predicted molar refractivity (Wildman–Crippen MR) is 99.7 cm³/mol. The van der Waals surface area contributed by atoms with Crippen LogP contribution in [0.25, 0.3) is 11.3 Å². The third-order valence-electron chi connectivity index (χ3n) is 4.68. The summed E-state index contributed by atoms with van der Waals surface area (Å²) in [6.45, 7) is 1.58. The Hall–Kier alpha value is -2.92. The van der Waals surface area contributed by atoms with E-state index in [1.807, 2.05) is 71.5 Å². The van der Waals surface area contributed by atoms with Crippen molar-refractivity contribution in [2.24, 2.45) is 0 Å². The molecule has 0 bridgehead atoms. The number of β-amino-alcohol motifs (C(OH)–C–C–N with tert-alkyl or cyclic N) is 1. The van der Waals surface area contributed by atoms with Crippen molar-refractivity contribution in [3.63, 3.8) is 0 Å². The number of nitrogens with zero attached hydrogens (tertiary/aromatic N) is 3. The van der Waals surface area contributed by atoms with Gasteiger partial charge in [0.15, 0.2) is 0 Å². The molecule has 5 nitrogen and oxygen atoms in total. The highest BCUT2D eigenvalue weighted by Gasteiger charge is 2.28. The lowest BCUT2D eigenvalue weighted by Gasteiger charge is -2.15. The number of hydrogen-bond acceptors (Lipinski definition) is 3. The van der Waals surface area contributed by atoms with Crippen LogP contribution in [0.3, 0.4) is 0 Å². The summed E-state index contributed by atoms with van der Waals surface area (Å²) in [5.74, 6) is -0.0697. The first-order valence-electron chi connectivity index (χ1n) is 8.85. The Bertz CT molecular complexity index is 890. The summed E-state index contributed by atoms with van der Waals surface area (Å²) in [5, 5.41) is 14.5. The number of aliphatic hydroxyl groups excluding tert-OH is 1. The second-order valence-electron chi connectivity index (χ2n) is 6.63. The number of amides is 1. The van der Waals surface area contributed by atoms with E-state index in [2.05, 4.69) is 0 Å². The largest absolute Gasteiger partial charge is 0.391 e. The lowest BCUT2D eigenvalue weighted by molar-refractivity contribution is 0.0765. The van der Waals surface area contributed by atoms with Crippen LogP contribution in [0, 0.1) is 0 Å². The van der Waals surface area contributed by atoms with E-state index >= 15 is 0 Å². The van der Waals surface area contributed by atoms with Gasteiger partial charge in [-0.15, -0.1) is 0 Å². The first kappa shape index (κ1) is 16.5. The highest BCUT2D eigenvalue weighted by Crippen LogP contribution is 2.25. The molecule has 26 heavy (non-hydrogen) atoms. The maximum absolute atomic E-state index is 13.0. The molecule has 0 radical (unpaired) electrons. The van der Waals surface area contributed by atoms with Crippen LogP contribution in [0.5, 0.6) is 0 Å². The SMILES string of the molecule is O=C(c1cn(Cc2ccccc2)nc1-c1ccccc1)N1CC[C@@H](O)C1. The molecule has 3 aromatic rings. The molecule has 2 heterocycles. The second kappa shape index (κ2) is 7.14. The van der Waals surface area contributed by atoms with Crippen molar-refractivity contribution in [2.75, 3.05) is 13.1 Å². The van der Waals surface area contributed by atoms with Crippen molar-refractivity contribution in [3.05, 3.63) is 78.0 Å². The number of aliphatic hydroxyl groups is 1. The van der Waals surface area contributed by atoms with Gasteiger partial charge in [0.2, 0.25) is 0 Å². The van der Waals surface area contributed by atoms with E-state index in [1.54, 1.807) is 4.90 Å². The third kappa shape index (κ3) is 3.39. The van der Waals surface area contributed by atoms with Crippen molar-refractivity contribution in [1.82, 2.24) is 14.7 Å². The Kier molecular flexibility index (Phi) is 4.54. The molecule has 1 atom stereocenters. The maximum Gasteiger partial charge on any atom is 0.257 e. The molecule has 0 saturated carbocycles. The van der Waals surface area contributed by atoms with Crippen molar-refractivity contribution in [1.29, 1.82) is 0 Å².